The second kappa shape index (κ2) is 12.8. The van der Waals surface area contributed by atoms with Gasteiger partial charge < -0.3 is 9.47 Å². The Bertz CT molecular complexity index is 1850. The Hall–Kier alpha value is -3.10. The second-order valence-corrected chi connectivity index (χ2v) is 12.3. The Morgan fingerprint density at radius 1 is 1.15 bits per heavy atom. The van der Waals surface area contributed by atoms with Crippen LogP contribution in [0.4, 0.5) is 4.39 Å². The molecule has 6 nitrogen and oxygen atoms in total. The topological polar surface area (TPSA) is 69.9 Å². The molecule has 0 fully saturated rings. The molecule has 3 aromatic carbocycles. The van der Waals surface area contributed by atoms with Crippen molar-refractivity contribution in [3.8, 4) is 5.75 Å². The highest BCUT2D eigenvalue weighted by molar-refractivity contribution is 14.1. The average Bonchev–Trinajstić information content (AvgIpc) is 3.27. The lowest BCUT2D eigenvalue weighted by molar-refractivity contribution is -0.138. The number of nitrogens with zero attached hydrogens (tertiary/aromatic N) is 2. The van der Waals surface area contributed by atoms with E-state index in [-0.39, 0.29) is 17.7 Å². The van der Waals surface area contributed by atoms with Crippen molar-refractivity contribution >= 4 is 74.3 Å². The van der Waals surface area contributed by atoms with Crippen LogP contribution in [0.15, 0.2) is 94.7 Å². The first kappa shape index (κ1) is 29.4. The fourth-order valence-electron chi connectivity index (χ4n) is 4.52. The van der Waals surface area contributed by atoms with Crippen molar-refractivity contribution in [2.45, 2.75) is 13.0 Å². The van der Waals surface area contributed by atoms with Crippen molar-refractivity contribution < 1.29 is 18.7 Å². The molecule has 41 heavy (non-hydrogen) atoms. The molecule has 0 amide bonds. The maximum absolute atomic E-state index is 14.1. The highest BCUT2D eigenvalue weighted by Gasteiger charge is 2.35. The van der Waals surface area contributed by atoms with Gasteiger partial charge in [-0.2, -0.15) is 0 Å². The summed E-state index contributed by atoms with van der Waals surface area (Å²) in [5.74, 6) is -0.374. The molecule has 1 atom stereocenters. The van der Waals surface area contributed by atoms with Crippen LogP contribution in [0.1, 0.15) is 29.7 Å². The number of hydrogen-bond acceptors (Lipinski definition) is 6. The quantitative estimate of drug-likeness (QED) is 0.128. The third-order valence-corrected chi connectivity index (χ3v) is 8.64. The van der Waals surface area contributed by atoms with Crippen LogP contribution in [0.25, 0.3) is 11.8 Å². The monoisotopic (exact) mass is 792 g/mol. The molecule has 0 radical (unpaired) electrons. The van der Waals surface area contributed by atoms with Gasteiger partial charge in [0.15, 0.2) is 4.80 Å². The molecule has 0 saturated carbocycles. The molecule has 0 bridgehead atoms. The van der Waals surface area contributed by atoms with Gasteiger partial charge in [0.05, 0.1) is 32.0 Å². The summed E-state index contributed by atoms with van der Waals surface area (Å²) in [7, 11) is 0. The molecule has 0 N–H and O–H groups in total. The van der Waals surface area contributed by atoms with E-state index in [9.17, 15) is 14.0 Å². The Morgan fingerprint density at radius 2 is 1.88 bits per heavy atom. The van der Waals surface area contributed by atoms with Crippen molar-refractivity contribution in [2.24, 2.45) is 4.99 Å². The van der Waals surface area contributed by atoms with Crippen molar-refractivity contribution in [1.82, 2.24) is 4.57 Å². The van der Waals surface area contributed by atoms with Gasteiger partial charge >= 0.3 is 5.97 Å². The number of carbonyl (C=O) groups excluding carboxylic acids is 1. The van der Waals surface area contributed by atoms with E-state index in [0.717, 1.165) is 12.7 Å². The summed E-state index contributed by atoms with van der Waals surface area (Å²) < 4.78 is 29.2. The minimum Gasteiger partial charge on any atom is -0.488 e. The number of ether oxygens (including phenoxy) is 2. The zero-order valence-corrected chi connectivity index (χ0v) is 26.9. The first-order valence-corrected chi connectivity index (χ1v) is 15.6. The van der Waals surface area contributed by atoms with Crippen molar-refractivity contribution in [2.75, 3.05) is 13.2 Å². The number of thiazole rings is 1. The van der Waals surface area contributed by atoms with E-state index in [1.54, 1.807) is 31.2 Å². The molecule has 208 valence electrons. The third-order valence-electron chi connectivity index (χ3n) is 6.23. The van der Waals surface area contributed by atoms with Gasteiger partial charge in [0, 0.05) is 14.7 Å². The van der Waals surface area contributed by atoms with Gasteiger partial charge in [-0.3, -0.25) is 9.36 Å². The summed E-state index contributed by atoms with van der Waals surface area (Å²) in [5, 5.41) is 0. The molecule has 2 heterocycles. The van der Waals surface area contributed by atoms with E-state index >= 15 is 0 Å². The lowest BCUT2D eigenvalue weighted by atomic mass is 9.93. The molecular formula is C31H23FI2N2O4S. The molecular weight excluding hydrogens is 769 g/mol. The zero-order valence-electron chi connectivity index (χ0n) is 21.8. The number of rotatable bonds is 8. The van der Waals surface area contributed by atoms with E-state index in [1.165, 1.54) is 28.0 Å². The minimum atomic E-state index is -0.879. The molecule has 0 aliphatic carbocycles. The number of carbonyl (C=O) groups is 1. The smallest absolute Gasteiger partial charge is 0.338 e. The van der Waals surface area contributed by atoms with Crippen LogP contribution in [0.5, 0.6) is 5.75 Å². The molecule has 0 saturated heterocycles. The number of halogens is 3. The van der Waals surface area contributed by atoms with Crippen LogP contribution < -0.4 is 19.6 Å². The summed E-state index contributed by atoms with van der Waals surface area (Å²) in [5.41, 5.74) is 2.28. The van der Waals surface area contributed by atoms with Crippen LogP contribution >= 0.6 is 56.5 Å². The fourth-order valence-corrected chi connectivity index (χ4v) is 7.56. The summed E-state index contributed by atoms with van der Waals surface area (Å²) in [4.78, 5) is 32.9. The lowest BCUT2D eigenvalue weighted by Gasteiger charge is -2.25. The largest absolute Gasteiger partial charge is 0.488 e. The van der Waals surface area contributed by atoms with E-state index in [0.29, 0.717) is 38.5 Å². The highest BCUT2D eigenvalue weighted by Crippen LogP contribution is 2.35. The van der Waals surface area contributed by atoms with Gasteiger partial charge in [-0.25, -0.2) is 14.2 Å². The summed E-state index contributed by atoms with van der Waals surface area (Å²) in [6, 6.07) is 18.1. The molecule has 4 aromatic rings. The predicted molar refractivity (Wildman–Crippen MR) is 175 cm³/mol. The van der Waals surface area contributed by atoms with Crippen LogP contribution in [-0.2, 0) is 9.53 Å². The van der Waals surface area contributed by atoms with Crippen LogP contribution in [0.3, 0.4) is 0 Å². The van der Waals surface area contributed by atoms with E-state index in [1.807, 2.05) is 42.5 Å². The number of benzene rings is 3. The summed E-state index contributed by atoms with van der Waals surface area (Å²) >= 11 is 5.65. The molecule has 10 heteroatoms. The highest BCUT2D eigenvalue weighted by atomic mass is 127. The molecule has 0 spiro atoms. The number of aromatic nitrogens is 1. The summed E-state index contributed by atoms with van der Waals surface area (Å²) in [6.45, 7) is 5.91. The van der Waals surface area contributed by atoms with E-state index in [4.69, 9.17) is 14.5 Å². The first-order valence-electron chi connectivity index (χ1n) is 12.6. The zero-order chi connectivity index (χ0) is 29.1. The molecule has 0 unspecified atom stereocenters. The summed E-state index contributed by atoms with van der Waals surface area (Å²) in [6.07, 6.45) is 3.45. The second-order valence-electron chi connectivity index (χ2n) is 8.89. The first-order chi connectivity index (χ1) is 19.8. The maximum Gasteiger partial charge on any atom is 0.338 e. The normalized spacial score (nSPS) is 14.8. The van der Waals surface area contributed by atoms with Crippen molar-refractivity contribution in [1.29, 1.82) is 0 Å². The fraction of sp³-hybridized carbons (Fsp3) is 0.129. The third kappa shape index (κ3) is 6.09. The molecule has 1 aliphatic rings. The molecule has 1 aromatic heterocycles. The van der Waals surface area contributed by atoms with Crippen LogP contribution in [0.2, 0.25) is 0 Å². The van der Waals surface area contributed by atoms with Gasteiger partial charge in [-0.05, 0) is 88.0 Å². The Labute approximate surface area is 266 Å². The van der Waals surface area contributed by atoms with Gasteiger partial charge in [0.1, 0.15) is 18.2 Å². The average molecular weight is 792 g/mol. The molecule has 1 aliphatic heterocycles. The van der Waals surface area contributed by atoms with Gasteiger partial charge in [-0.15, -0.1) is 0 Å². The van der Waals surface area contributed by atoms with Crippen molar-refractivity contribution in [3.63, 3.8) is 0 Å². The predicted octanol–water partition coefficient (Wildman–Crippen LogP) is 5.85. The van der Waals surface area contributed by atoms with E-state index in [2.05, 4.69) is 51.8 Å². The van der Waals surface area contributed by atoms with Gasteiger partial charge in [-0.1, -0.05) is 66.5 Å². The maximum atomic E-state index is 14.1. The Kier molecular flexibility index (Phi) is 9.19. The van der Waals surface area contributed by atoms with Crippen LogP contribution in [-0.4, -0.2) is 23.8 Å². The van der Waals surface area contributed by atoms with Crippen LogP contribution in [0, 0.1) is 13.0 Å². The minimum absolute atomic E-state index is 0.143. The number of esters is 1. The lowest BCUT2D eigenvalue weighted by Crippen LogP contribution is -2.40. The SMILES string of the molecule is C=CCOc1c(I)cc(I)cc1/C=c1\sc2n(c1=O)[C@H](c1ccc(F)cc1)C(C(=O)OCC)=C(c1ccccc1)N=2. The van der Waals surface area contributed by atoms with Crippen molar-refractivity contribution in [3.05, 3.63) is 134 Å². The molecule has 5 rings (SSSR count). The van der Waals surface area contributed by atoms with Gasteiger partial charge in [0.25, 0.3) is 5.56 Å². The van der Waals surface area contributed by atoms with Gasteiger partial charge in [0.2, 0.25) is 0 Å². The Balaban J connectivity index is 1.82. The Morgan fingerprint density at radius 3 is 2.56 bits per heavy atom. The number of fused-ring (bicyclic) bond motifs is 1. The van der Waals surface area contributed by atoms with E-state index < -0.39 is 17.8 Å². The standard InChI is InChI=1S/C31H23FI2N2O4S/c1-3-14-40-28-20(15-22(33)17-23(28)34)16-24-29(37)36-27(19-10-12-21(32)13-11-19)25(30(38)39-4-2)26(35-31(36)41-24)18-8-6-5-7-9-18/h3,5-13,15-17,27H,1,4,14H2,2H3/b24-16-/t27-/m1/s1. The number of hydrogen-bond donors (Lipinski definition) is 0.